The highest BCUT2D eigenvalue weighted by molar-refractivity contribution is 5.46. The van der Waals surface area contributed by atoms with Gasteiger partial charge in [-0.05, 0) is 31.4 Å². The van der Waals surface area contributed by atoms with Gasteiger partial charge in [0.15, 0.2) is 0 Å². The number of aryl methyl sites for hydroxylation is 1. The van der Waals surface area contributed by atoms with Crippen molar-refractivity contribution in [2.24, 2.45) is 5.92 Å². The fourth-order valence-electron chi connectivity index (χ4n) is 1.38. The molecule has 0 aromatic heterocycles. The van der Waals surface area contributed by atoms with E-state index in [1.165, 1.54) is 17.7 Å². The summed E-state index contributed by atoms with van der Waals surface area (Å²) in [7, 11) is 2.16. The van der Waals surface area contributed by atoms with E-state index in [0.29, 0.717) is 0 Å². The topological polar surface area (TPSA) is 3.24 Å². The zero-order chi connectivity index (χ0) is 12.6. The van der Waals surface area contributed by atoms with Crippen LogP contribution in [0.5, 0.6) is 0 Å². The largest absolute Gasteiger partial charge is 0.375 e. The molecule has 0 saturated heterocycles. The molecule has 0 atom stereocenters. The van der Waals surface area contributed by atoms with Gasteiger partial charge in [0, 0.05) is 19.3 Å². The van der Waals surface area contributed by atoms with Crippen LogP contribution in [0.25, 0.3) is 0 Å². The fourth-order valence-corrected chi connectivity index (χ4v) is 1.38. The van der Waals surface area contributed by atoms with Crippen LogP contribution >= 0.6 is 0 Å². The Kier molecular flexibility index (Phi) is 7.70. The minimum absolute atomic E-state index is 0.780. The first-order valence-electron chi connectivity index (χ1n) is 6.37. The van der Waals surface area contributed by atoms with Crippen molar-refractivity contribution in [3.8, 4) is 0 Å². The van der Waals surface area contributed by atoms with E-state index in [2.05, 4.69) is 57.0 Å². The maximum Gasteiger partial charge on any atom is 0.0363 e. The van der Waals surface area contributed by atoms with Crippen LogP contribution in [-0.4, -0.2) is 13.6 Å². The summed E-state index contributed by atoms with van der Waals surface area (Å²) in [6.45, 7) is 11.8. The van der Waals surface area contributed by atoms with E-state index in [1.807, 2.05) is 13.8 Å². The maximum atomic E-state index is 2.32. The molecule has 0 aliphatic rings. The summed E-state index contributed by atoms with van der Waals surface area (Å²) in [5, 5.41) is 0. The van der Waals surface area contributed by atoms with E-state index in [-0.39, 0.29) is 0 Å². The van der Waals surface area contributed by atoms with Crippen molar-refractivity contribution in [3.05, 3.63) is 29.8 Å². The molecular weight excluding hydrogens is 194 g/mol. The summed E-state index contributed by atoms with van der Waals surface area (Å²) in [4.78, 5) is 2.32. The molecule has 0 N–H and O–H groups in total. The molecule has 0 aliphatic carbocycles. The van der Waals surface area contributed by atoms with E-state index in [4.69, 9.17) is 0 Å². The maximum absolute atomic E-state index is 2.32. The van der Waals surface area contributed by atoms with Gasteiger partial charge in [0.2, 0.25) is 0 Å². The van der Waals surface area contributed by atoms with E-state index < -0.39 is 0 Å². The number of hydrogen-bond donors (Lipinski definition) is 0. The van der Waals surface area contributed by atoms with Gasteiger partial charge in [0.25, 0.3) is 0 Å². The molecule has 0 aliphatic heterocycles. The van der Waals surface area contributed by atoms with E-state index >= 15 is 0 Å². The summed E-state index contributed by atoms with van der Waals surface area (Å²) < 4.78 is 0. The lowest BCUT2D eigenvalue weighted by molar-refractivity contribution is 0.585. The van der Waals surface area contributed by atoms with Gasteiger partial charge in [0.1, 0.15) is 0 Å². The van der Waals surface area contributed by atoms with Crippen molar-refractivity contribution in [1.82, 2.24) is 0 Å². The molecule has 0 bridgehead atoms. The summed E-state index contributed by atoms with van der Waals surface area (Å²) in [6.07, 6.45) is 1.25. The Morgan fingerprint density at radius 3 is 2.00 bits per heavy atom. The predicted molar refractivity (Wildman–Crippen MR) is 75.3 cm³/mol. The molecule has 1 nitrogen and oxygen atoms in total. The van der Waals surface area contributed by atoms with E-state index in [1.54, 1.807) is 0 Å². The van der Waals surface area contributed by atoms with Crippen LogP contribution in [0.1, 0.15) is 39.7 Å². The number of benzene rings is 1. The quantitative estimate of drug-likeness (QED) is 0.723. The number of rotatable bonds is 4. The molecule has 1 aromatic rings. The lowest BCUT2D eigenvalue weighted by Gasteiger charge is -2.20. The molecule has 0 unspecified atom stereocenters. The minimum atomic E-state index is 0.780. The van der Waals surface area contributed by atoms with Gasteiger partial charge in [-0.3, -0.25) is 0 Å². The Balaban J connectivity index is 0.00000106. The van der Waals surface area contributed by atoms with Gasteiger partial charge in [-0.2, -0.15) is 0 Å². The molecule has 0 saturated carbocycles. The van der Waals surface area contributed by atoms with Crippen LogP contribution in [0.3, 0.4) is 0 Å². The second-order valence-corrected chi connectivity index (χ2v) is 4.44. The molecule has 0 spiro atoms. The highest BCUT2D eigenvalue weighted by Crippen LogP contribution is 2.14. The molecule has 1 rings (SSSR count). The van der Waals surface area contributed by atoms with Crippen molar-refractivity contribution in [3.63, 3.8) is 0 Å². The first kappa shape index (κ1) is 15.0. The second kappa shape index (κ2) is 8.20. The molecule has 1 aromatic carbocycles. The standard InChI is InChI=1S/C13H21N.C2H6/c1-11(2)9-10-14(4)13-7-5-12(3)6-8-13;1-2/h5-8,11H,9-10H2,1-4H3;1-2H3. The summed E-state index contributed by atoms with van der Waals surface area (Å²) in [5.74, 6) is 0.780. The monoisotopic (exact) mass is 221 g/mol. The van der Waals surface area contributed by atoms with E-state index in [0.717, 1.165) is 12.5 Å². The van der Waals surface area contributed by atoms with Gasteiger partial charge in [-0.25, -0.2) is 0 Å². The van der Waals surface area contributed by atoms with Crippen molar-refractivity contribution < 1.29 is 0 Å². The normalized spacial score (nSPS) is 9.69. The van der Waals surface area contributed by atoms with Crippen LogP contribution < -0.4 is 4.90 Å². The van der Waals surface area contributed by atoms with Gasteiger partial charge < -0.3 is 4.90 Å². The first-order chi connectivity index (χ1) is 7.59. The van der Waals surface area contributed by atoms with Crippen LogP contribution in [0.4, 0.5) is 5.69 Å². The molecule has 0 heterocycles. The number of hydrogen-bond acceptors (Lipinski definition) is 1. The molecule has 16 heavy (non-hydrogen) atoms. The molecule has 92 valence electrons. The number of nitrogens with zero attached hydrogens (tertiary/aromatic N) is 1. The summed E-state index contributed by atoms with van der Waals surface area (Å²) in [6, 6.07) is 8.72. The fraction of sp³-hybridized carbons (Fsp3) is 0.600. The zero-order valence-corrected chi connectivity index (χ0v) is 11.7. The van der Waals surface area contributed by atoms with Gasteiger partial charge in [0.05, 0.1) is 0 Å². The Morgan fingerprint density at radius 2 is 1.56 bits per heavy atom. The second-order valence-electron chi connectivity index (χ2n) is 4.44. The van der Waals surface area contributed by atoms with Gasteiger partial charge in [-0.1, -0.05) is 45.4 Å². The zero-order valence-electron chi connectivity index (χ0n) is 11.7. The molecule has 0 amide bonds. The van der Waals surface area contributed by atoms with Crippen molar-refractivity contribution in [1.29, 1.82) is 0 Å². The predicted octanol–water partition coefficient (Wildman–Crippen LogP) is 4.50. The van der Waals surface area contributed by atoms with Crippen LogP contribution in [-0.2, 0) is 0 Å². The minimum Gasteiger partial charge on any atom is -0.375 e. The third-order valence-electron chi connectivity index (χ3n) is 2.52. The Labute approximate surface area is 101 Å². The van der Waals surface area contributed by atoms with Crippen molar-refractivity contribution >= 4 is 5.69 Å². The summed E-state index contributed by atoms with van der Waals surface area (Å²) >= 11 is 0. The third-order valence-corrected chi connectivity index (χ3v) is 2.52. The third kappa shape index (κ3) is 5.79. The lowest BCUT2D eigenvalue weighted by Crippen LogP contribution is -2.19. The Morgan fingerprint density at radius 1 is 1.06 bits per heavy atom. The van der Waals surface area contributed by atoms with Gasteiger partial charge in [-0.15, -0.1) is 0 Å². The first-order valence-corrected chi connectivity index (χ1v) is 6.37. The average molecular weight is 221 g/mol. The molecular formula is C15H27N. The average Bonchev–Trinajstić information content (AvgIpc) is 2.29. The molecule has 1 heteroatoms. The number of anilines is 1. The van der Waals surface area contributed by atoms with Crippen LogP contribution in [0.15, 0.2) is 24.3 Å². The smallest absolute Gasteiger partial charge is 0.0363 e. The highest BCUT2D eigenvalue weighted by atomic mass is 15.1. The van der Waals surface area contributed by atoms with Crippen LogP contribution in [0.2, 0.25) is 0 Å². The summed E-state index contributed by atoms with van der Waals surface area (Å²) in [5.41, 5.74) is 2.64. The van der Waals surface area contributed by atoms with Crippen molar-refractivity contribution in [2.75, 3.05) is 18.5 Å². The van der Waals surface area contributed by atoms with Crippen molar-refractivity contribution in [2.45, 2.75) is 41.0 Å². The van der Waals surface area contributed by atoms with E-state index in [9.17, 15) is 0 Å². The van der Waals surface area contributed by atoms with Crippen LogP contribution in [0, 0.1) is 12.8 Å². The molecule has 0 radical (unpaired) electrons. The van der Waals surface area contributed by atoms with Gasteiger partial charge >= 0.3 is 0 Å². The Bertz CT molecular complexity index is 261. The molecule has 0 fully saturated rings. The highest BCUT2D eigenvalue weighted by Gasteiger charge is 2.01. The Hall–Kier alpha value is -0.980. The lowest BCUT2D eigenvalue weighted by atomic mass is 10.1. The SMILES string of the molecule is CC.Cc1ccc(N(C)CCC(C)C)cc1.